The topological polar surface area (TPSA) is 30.5 Å². The summed E-state index contributed by atoms with van der Waals surface area (Å²) in [5, 5.41) is 2.45. The summed E-state index contributed by atoms with van der Waals surface area (Å²) in [7, 11) is 0. The van der Waals surface area contributed by atoms with Crippen LogP contribution < -0.4 is 14.8 Å². The van der Waals surface area contributed by atoms with Gasteiger partial charge in [0.1, 0.15) is 6.04 Å². The molecule has 0 saturated carbocycles. The van der Waals surface area contributed by atoms with E-state index in [4.69, 9.17) is 9.47 Å². The van der Waals surface area contributed by atoms with Crippen LogP contribution in [-0.4, -0.2) is 25.9 Å². The molecule has 3 nitrogen and oxygen atoms in total. The van der Waals surface area contributed by atoms with Crippen LogP contribution in [-0.2, 0) is 0 Å². The zero-order valence-electron chi connectivity index (χ0n) is 12.2. The number of ether oxygens (including phenoxy) is 2. The Morgan fingerprint density at radius 3 is 2.05 bits per heavy atom. The van der Waals surface area contributed by atoms with Gasteiger partial charge in [-0.25, -0.2) is 0 Å². The van der Waals surface area contributed by atoms with Crippen molar-refractivity contribution in [3.05, 3.63) is 22.2 Å². The Morgan fingerprint density at radius 2 is 1.62 bits per heavy atom. The summed E-state index contributed by atoms with van der Waals surface area (Å²) in [4.78, 5) is 0. The summed E-state index contributed by atoms with van der Waals surface area (Å²) in [6.07, 6.45) is -4.39. The molecule has 1 atom stereocenters. The first-order valence-electron chi connectivity index (χ1n) is 6.74. The second kappa shape index (κ2) is 7.89. The van der Waals surface area contributed by atoms with Gasteiger partial charge in [0.15, 0.2) is 11.5 Å². The lowest BCUT2D eigenvalue weighted by Crippen LogP contribution is -2.34. The van der Waals surface area contributed by atoms with Gasteiger partial charge in [0.25, 0.3) is 0 Å². The third kappa shape index (κ3) is 4.78. The lowest BCUT2D eigenvalue weighted by atomic mass is 10.1. The van der Waals surface area contributed by atoms with Crippen molar-refractivity contribution < 1.29 is 22.6 Å². The molecule has 0 spiro atoms. The van der Waals surface area contributed by atoms with Crippen molar-refractivity contribution in [2.24, 2.45) is 0 Å². The van der Waals surface area contributed by atoms with Gasteiger partial charge in [-0.15, -0.1) is 0 Å². The quantitative estimate of drug-likeness (QED) is 0.769. The summed E-state index contributed by atoms with van der Waals surface area (Å²) >= 11 is 3.19. The number of halogens is 4. The first-order chi connectivity index (χ1) is 9.85. The molecule has 0 radical (unpaired) electrons. The molecule has 1 rings (SSSR count). The zero-order valence-corrected chi connectivity index (χ0v) is 13.8. The molecule has 0 aliphatic rings. The smallest absolute Gasteiger partial charge is 0.407 e. The van der Waals surface area contributed by atoms with Crippen molar-refractivity contribution in [1.29, 1.82) is 0 Å². The van der Waals surface area contributed by atoms with E-state index in [0.717, 1.165) is 0 Å². The standard InChI is InChI=1S/C14H19BrF3NO2/c1-4-19-13(14(16,17)18)9-7-11(20-5-2)12(21-6-3)8-10(9)15/h7-8,13,19H,4-6H2,1-3H3. The van der Waals surface area contributed by atoms with E-state index in [2.05, 4.69) is 21.2 Å². The van der Waals surface area contributed by atoms with Crippen molar-refractivity contribution in [3.63, 3.8) is 0 Å². The molecule has 1 aromatic carbocycles. The van der Waals surface area contributed by atoms with Crippen LogP contribution in [0.2, 0.25) is 0 Å². The predicted molar refractivity (Wildman–Crippen MR) is 79.0 cm³/mol. The molecule has 0 bridgehead atoms. The second-order valence-electron chi connectivity index (χ2n) is 4.22. The molecule has 1 unspecified atom stereocenters. The highest BCUT2D eigenvalue weighted by Gasteiger charge is 2.41. The van der Waals surface area contributed by atoms with Crippen LogP contribution in [0.3, 0.4) is 0 Å². The van der Waals surface area contributed by atoms with E-state index in [-0.39, 0.29) is 12.1 Å². The highest BCUT2D eigenvalue weighted by atomic mass is 79.9. The van der Waals surface area contributed by atoms with Gasteiger partial charge in [0, 0.05) is 4.47 Å². The van der Waals surface area contributed by atoms with Crippen LogP contribution in [0.4, 0.5) is 13.2 Å². The van der Waals surface area contributed by atoms with Crippen LogP contribution in [0.1, 0.15) is 32.4 Å². The van der Waals surface area contributed by atoms with Gasteiger partial charge in [-0.05, 0) is 38.1 Å². The molecule has 1 N–H and O–H groups in total. The Hall–Kier alpha value is -0.950. The lowest BCUT2D eigenvalue weighted by Gasteiger charge is -2.24. The Morgan fingerprint density at radius 1 is 1.10 bits per heavy atom. The van der Waals surface area contributed by atoms with Crippen LogP contribution in [0.15, 0.2) is 16.6 Å². The van der Waals surface area contributed by atoms with Gasteiger partial charge in [-0.3, -0.25) is 0 Å². The molecular weight excluding hydrogens is 351 g/mol. The van der Waals surface area contributed by atoms with Crippen molar-refractivity contribution in [2.75, 3.05) is 19.8 Å². The van der Waals surface area contributed by atoms with Gasteiger partial charge < -0.3 is 14.8 Å². The first-order valence-corrected chi connectivity index (χ1v) is 7.53. The number of alkyl halides is 3. The Labute approximate surface area is 130 Å². The summed E-state index contributed by atoms with van der Waals surface area (Å²) in [6.45, 7) is 6.15. The summed E-state index contributed by atoms with van der Waals surface area (Å²) in [5.41, 5.74) is 0.0799. The molecule has 120 valence electrons. The third-order valence-electron chi connectivity index (χ3n) is 2.71. The van der Waals surface area contributed by atoms with Crippen LogP contribution in [0.5, 0.6) is 11.5 Å². The molecule has 0 heterocycles. The fraction of sp³-hybridized carbons (Fsp3) is 0.571. The maximum absolute atomic E-state index is 13.2. The minimum absolute atomic E-state index is 0.0799. The van der Waals surface area contributed by atoms with E-state index in [1.807, 2.05) is 0 Å². The third-order valence-corrected chi connectivity index (χ3v) is 3.40. The number of hydrogen-bond donors (Lipinski definition) is 1. The molecule has 0 aromatic heterocycles. The SMILES string of the molecule is CCNC(c1cc(OCC)c(OCC)cc1Br)C(F)(F)F. The minimum Gasteiger partial charge on any atom is -0.490 e. The van der Waals surface area contributed by atoms with Gasteiger partial charge >= 0.3 is 6.18 Å². The normalized spacial score (nSPS) is 13.1. The fourth-order valence-electron chi connectivity index (χ4n) is 1.91. The molecule has 0 saturated heterocycles. The van der Waals surface area contributed by atoms with Crippen molar-refractivity contribution in [2.45, 2.75) is 33.0 Å². The number of benzene rings is 1. The van der Waals surface area contributed by atoms with E-state index in [0.29, 0.717) is 29.2 Å². The van der Waals surface area contributed by atoms with Gasteiger partial charge in [0.2, 0.25) is 0 Å². The maximum atomic E-state index is 13.2. The summed E-state index contributed by atoms with van der Waals surface area (Å²) in [6, 6.07) is 1.13. The summed E-state index contributed by atoms with van der Waals surface area (Å²) in [5.74, 6) is 0.733. The molecule has 21 heavy (non-hydrogen) atoms. The molecular formula is C14H19BrF3NO2. The zero-order chi connectivity index (χ0) is 16.0. The van der Waals surface area contributed by atoms with Crippen LogP contribution in [0.25, 0.3) is 0 Å². The largest absolute Gasteiger partial charge is 0.490 e. The monoisotopic (exact) mass is 369 g/mol. The van der Waals surface area contributed by atoms with E-state index < -0.39 is 12.2 Å². The minimum atomic E-state index is -4.39. The Bertz CT molecular complexity index is 466. The molecule has 0 amide bonds. The van der Waals surface area contributed by atoms with Crippen molar-refractivity contribution in [3.8, 4) is 11.5 Å². The molecule has 0 fully saturated rings. The Balaban J connectivity index is 3.30. The van der Waals surface area contributed by atoms with E-state index in [1.165, 1.54) is 12.1 Å². The average Bonchev–Trinajstić information content (AvgIpc) is 2.39. The number of hydrogen-bond acceptors (Lipinski definition) is 3. The van der Waals surface area contributed by atoms with Crippen LogP contribution >= 0.6 is 15.9 Å². The predicted octanol–water partition coefficient (Wildman–Crippen LogP) is 4.46. The molecule has 1 aromatic rings. The van der Waals surface area contributed by atoms with E-state index in [1.54, 1.807) is 20.8 Å². The molecule has 0 aliphatic heterocycles. The maximum Gasteiger partial charge on any atom is 0.407 e. The van der Waals surface area contributed by atoms with Gasteiger partial charge in [0.05, 0.1) is 13.2 Å². The number of nitrogens with one attached hydrogen (secondary N) is 1. The lowest BCUT2D eigenvalue weighted by molar-refractivity contribution is -0.157. The molecule has 0 aliphatic carbocycles. The molecule has 7 heteroatoms. The Kier molecular flexibility index (Phi) is 6.80. The van der Waals surface area contributed by atoms with Crippen molar-refractivity contribution >= 4 is 15.9 Å². The van der Waals surface area contributed by atoms with E-state index >= 15 is 0 Å². The highest BCUT2D eigenvalue weighted by Crippen LogP contribution is 2.41. The van der Waals surface area contributed by atoms with Crippen LogP contribution in [0, 0.1) is 0 Å². The number of rotatable bonds is 7. The van der Waals surface area contributed by atoms with Crippen molar-refractivity contribution in [1.82, 2.24) is 5.32 Å². The average molecular weight is 370 g/mol. The van der Waals surface area contributed by atoms with E-state index in [9.17, 15) is 13.2 Å². The first kappa shape index (κ1) is 18.1. The summed E-state index contributed by atoms with van der Waals surface area (Å²) < 4.78 is 50.7. The fourth-order valence-corrected chi connectivity index (χ4v) is 2.47. The van der Waals surface area contributed by atoms with Gasteiger partial charge in [-0.1, -0.05) is 22.9 Å². The highest BCUT2D eigenvalue weighted by molar-refractivity contribution is 9.10. The van der Waals surface area contributed by atoms with Gasteiger partial charge in [-0.2, -0.15) is 13.2 Å². The second-order valence-corrected chi connectivity index (χ2v) is 5.07.